The van der Waals surface area contributed by atoms with Crippen molar-refractivity contribution in [2.24, 2.45) is 0 Å². The Hall–Kier alpha value is -2.19. The summed E-state index contributed by atoms with van der Waals surface area (Å²) in [5.74, 6) is 0. The van der Waals surface area contributed by atoms with E-state index >= 15 is 0 Å². The van der Waals surface area contributed by atoms with E-state index in [4.69, 9.17) is 16.3 Å². The lowest BCUT2D eigenvalue weighted by Gasteiger charge is -2.14. The van der Waals surface area contributed by atoms with Crippen molar-refractivity contribution in [2.45, 2.75) is 6.42 Å². The van der Waals surface area contributed by atoms with Crippen molar-refractivity contribution in [3.05, 3.63) is 39.8 Å². The molecule has 22 heavy (non-hydrogen) atoms. The second-order valence-electron chi connectivity index (χ2n) is 4.61. The predicted octanol–water partition coefficient (Wildman–Crippen LogP) is 1.02. The molecule has 0 bridgehead atoms. The fourth-order valence-electron chi connectivity index (χ4n) is 1.81. The maximum Gasteiger partial charge on any atom is 0.377 e. The summed E-state index contributed by atoms with van der Waals surface area (Å²) in [6, 6.07) is 5.95. The standard InChI is InChI=1S/C13H16ClN5O3/c1-17(8-3-9-22-2)12(20)19-13(21)18(15-16-19)11-6-4-10(14)5-7-11/h4-7H,3,8-9H2,1-2H3. The minimum absolute atomic E-state index is 0.451. The summed E-state index contributed by atoms with van der Waals surface area (Å²) in [7, 11) is 3.18. The second kappa shape index (κ2) is 7.19. The number of halogens is 1. The van der Waals surface area contributed by atoms with Crippen LogP contribution < -0.4 is 5.69 Å². The minimum Gasteiger partial charge on any atom is -0.385 e. The number of nitrogens with zero attached hydrogens (tertiary/aromatic N) is 5. The lowest BCUT2D eigenvalue weighted by molar-refractivity contribution is 0.174. The molecule has 0 saturated carbocycles. The van der Waals surface area contributed by atoms with Crippen molar-refractivity contribution >= 4 is 17.6 Å². The maximum absolute atomic E-state index is 12.2. The fraction of sp³-hybridized carbons (Fsp3) is 0.385. The summed E-state index contributed by atoms with van der Waals surface area (Å²) < 4.78 is 6.69. The van der Waals surface area contributed by atoms with E-state index in [-0.39, 0.29) is 0 Å². The van der Waals surface area contributed by atoms with E-state index in [0.29, 0.717) is 30.3 Å². The predicted molar refractivity (Wildman–Crippen MR) is 80.5 cm³/mol. The minimum atomic E-state index is -0.633. The quantitative estimate of drug-likeness (QED) is 0.605. The van der Waals surface area contributed by atoms with E-state index in [1.54, 1.807) is 38.4 Å². The van der Waals surface area contributed by atoms with Crippen molar-refractivity contribution in [1.82, 2.24) is 24.7 Å². The van der Waals surface area contributed by atoms with Crippen molar-refractivity contribution in [1.29, 1.82) is 0 Å². The normalized spacial score (nSPS) is 10.7. The molecule has 0 spiro atoms. The van der Waals surface area contributed by atoms with E-state index in [1.165, 1.54) is 4.90 Å². The van der Waals surface area contributed by atoms with Crippen LogP contribution in [0.3, 0.4) is 0 Å². The van der Waals surface area contributed by atoms with Crippen LogP contribution in [0.15, 0.2) is 29.1 Å². The number of hydrogen-bond acceptors (Lipinski definition) is 5. The average Bonchev–Trinajstić information content (AvgIpc) is 2.89. The van der Waals surface area contributed by atoms with Crippen molar-refractivity contribution in [3.8, 4) is 5.69 Å². The maximum atomic E-state index is 12.2. The summed E-state index contributed by atoms with van der Waals surface area (Å²) in [4.78, 5) is 25.8. The number of tetrazole rings is 1. The van der Waals surface area contributed by atoms with Crippen LogP contribution in [0.2, 0.25) is 5.02 Å². The third-order valence-corrected chi connectivity index (χ3v) is 3.25. The highest BCUT2D eigenvalue weighted by Crippen LogP contribution is 2.10. The van der Waals surface area contributed by atoms with Gasteiger partial charge in [-0.25, -0.2) is 9.59 Å². The van der Waals surface area contributed by atoms with Gasteiger partial charge in [-0.3, -0.25) is 0 Å². The van der Waals surface area contributed by atoms with Gasteiger partial charge < -0.3 is 9.64 Å². The molecule has 1 amide bonds. The molecule has 0 unspecified atom stereocenters. The van der Waals surface area contributed by atoms with Crippen LogP contribution in [0.25, 0.3) is 5.69 Å². The molecular formula is C13H16ClN5O3. The van der Waals surface area contributed by atoms with Crippen LogP contribution in [0.1, 0.15) is 6.42 Å². The molecule has 9 heteroatoms. The third kappa shape index (κ3) is 3.52. The molecule has 0 fully saturated rings. The van der Waals surface area contributed by atoms with Gasteiger partial charge in [0.1, 0.15) is 0 Å². The molecule has 0 N–H and O–H groups in total. The summed E-state index contributed by atoms with van der Waals surface area (Å²) >= 11 is 5.80. The summed E-state index contributed by atoms with van der Waals surface area (Å²) in [6.07, 6.45) is 0.665. The Bertz CT molecular complexity index is 694. The van der Waals surface area contributed by atoms with E-state index in [9.17, 15) is 9.59 Å². The van der Waals surface area contributed by atoms with Gasteiger partial charge in [0, 0.05) is 32.3 Å². The third-order valence-electron chi connectivity index (χ3n) is 3.00. The van der Waals surface area contributed by atoms with Crippen LogP contribution in [0.4, 0.5) is 4.79 Å². The van der Waals surface area contributed by atoms with Gasteiger partial charge in [-0.15, -0.1) is 4.68 Å². The van der Waals surface area contributed by atoms with E-state index in [1.807, 2.05) is 0 Å². The second-order valence-corrected chi connectivity index (χ2v) is 5.05. The SMILES string of the molecule is COCCCN(C)C(=O)n1nnn(-c2ccc(Cl)cc2)c1=O. The summed E-state index contributed by atoms with van der Waals surface area (Å²) in [6.45, 7) is 0.983. The lowest BCUT2D eigenvalue weighted by atomic mass is 10.3. The van der Waals surface area contributed by atoms with Gasteiger partial charge in [0.15, 0.2) is 0 Å². The van der Waals surface area contributed by atoms with Crippen LogP contribution >= 0.6 is 11.6 Å². The lowest BCUT2D eigenvalue weighted by Crippen LogP contribution is -2.39. The molecule has 1 aromatic carbocycles. The van der Waals surface area contributed by atoms with Gasteiger partial charge in [-0.2, -0.15) is 4.68 Å². The molecule has 0 aliphatic heterocycles. The molecular weight excluding hydrogens is 310 g/mol. The molecule has 118 valence electrons. The molecule has 0 saturated heterocycles. The zero-order chi connectivity index (χ0) is 16.1. The number of ether oxygens (including phenoxy) is 1. The van der Waals surface area contributed by atoms with Crippen LogP contribution in [0, 0.1) is 0 Å². The Balaban J connectivity index is 2.18. The number of rotatable bonds is 5. The number of carbonyl (C=O) groups excluding carboxylic acids is 1. The highest BCUT2D eigenvalue weighted by Gasteiger charge is 2.18. The Morgan fingerprint density at radius 1 is 1.32 bits per heavy atom. The zero-order valence-electron chi connectivity index (χ0n) is 12.3. The molecule has 0 radical (unpaired) electrons. The van der Waals surface area contributed by atoms with E-state index in [0.717, 1.165) is 9.36 Å². The monoisotopic (exact) mass is 325 g/mol. The zero-order valence-corrected chi connectivity index (χ0v) is 13.0. The number of carbonyl (C=O) groups is 1. The summed E-state index contributed by atoms with van der Waals surface area (Å²) in [5, 5.41) is 7.88. The van der Waals surface area contributed by atoms with Crippen LogP contribution in [-0.2, 0) is 4.74 Å². The van der Waals surface area contributed by atoms with Crippen molar-refractivity contribution < 1.29 is 9.53 Å². The number of methoxy groups -OCH3 is 1. The summed E-state index contributed by atoms with van der Waals surface area (Å²) in [5.41, 5.74) is -0.151. The van der Waals surface area contributed by atoms with Gasteiger partial charge in [0.2, 0.25) is 0 Å². The highest BCUT2D eigenvalue weighted by atomic mass is 35.5. The number of hydrogen-bond donors (Lipinski definition) is 0. The fourth-order valence-corrected chi connectivity index (χ4v) is 1.94. The molecule has 0 aliphatic rings. The first-order valence-corrected chi connectivity index (χ1v) is 6.97. The Morgan fingerprint density at radius 2 is 2.00 bits per heavy atom. The highest BCUT2D eigenvalue weighted by molar-refractivity contribution is 6.30. The molecule has 2 rings (SSSR count). The van der Waals surface area contributed by atoms with Gasteiger partial charge in [0.25, 0.3) is 0 Å². The first-order chi connectivity index (χ1) is 10.5. The van der Waals surface area contributed by atoms with Gasteiger partial charge in [0.05, 0.1) is 5.69 Å². The number of amides is 1. The smallest absolute Gasteiger partial charge is 0.377 e. The van der Waals surface area contributed by atoms with Crippen LogP contribution in [-0.4, -0.2) is 58.0 Å². The molecule has 8 nitrogen and oxygen atoms in total. The molecule has 0 atom stereocenters. The Kier molecular flexibility index (Phi) is 5.29. The Labute approximate surface area is 131 Å². The van der Waals surface area contributed by atoms with Crippen molar-refractivity contribution in [3.63, 3.8) is 0 Å². The van der Waals surface area contributed by atoms with E-state index < -0.39 is 11.7 Å². The first kappa shape index (κ1) is 16.2. The molecule has 2 aromatic rings. The molecule has 0 aliphatic carbocycles. The molecule has 1 aromatic heterocycles. The van der Waals surface area contributed by atoms with Gasteiger partial charge >= 0.3 is 11.7 Å². The van der Waals surface area contributed by atoms with E-state index in [2.05, 4.69) is 10.4 Å². The largest absolute Gasteiger partial charge is 0.385 e. The van der Waals surface area contributed by atoms with Gasteiger partial charge in [-0.05, 0) is 41.1 Å². The Morgan fingerprint density at radius 3 is 2.64 bits per heavy atom. The number of benzene rings is 1. The van der Waals surface area contributed by atoms with Crippen molar-refractivity contribution in [2.75, 3.05) is 27.3 Å². The number of aromatic nitrogens is 4. The average molecular weight is 326 g/mol. The molecule has 1 heterocycles. The topological polar surface area (TPSA) is 82.2 Å². The van der Waals surface area contributed by atoms with Gasteiger partial charge in [-0.1, -0.05) is 11.6 Å². The first-order valence-electron chi connectivity index (χ1n) is 6.60. The van der Waals surface area contributed by atoms with Crippen LogP contribution in [0.5, 0.6) is 0 Å².